The van der Waals surface area contributed by atoms with Gasteiger partial charge in [-0.15, -0.1) is 0 Å². The zero-order valence-electron chi connectivity index (χ0n) is 10.8. The van der Waals surface area contributed by atoms with Gasteiger partial charge in [0.05, 0.1) is 6.20 Å². The molecule has 0 atom stereocenters. The Morgan fingerprint density at radius 2 is 2.30 bits per heavy atom. The Morgan fingerprint density at radius 1 is 1.50 bits per heavy atom. The lowest BCUT2D eigenvalue weighted by atomic mass is 10.2. The van der Waals surface area contributed by atoms with Crippen molar-refractivity contribution in [3.63, 3.8) is 0 Å². The van der Waals surface area contributed by atoms with E-state index in [1.807, 2.05) is 6.92 Å². The van der Waals surface area contributed by atoms with Crippen LogP contribution in [-0.4, -0.2) is 32.1 Å². The minimum atomic E-state index is -0.309. The number of nitrogens with zero attached hydrogens (tertiary/aromatic N) is 3. The zero-order chi connectivity index (χ0) is 14.5. The highest BCUT2D eigenvalue weighted by Crippen LogP contribution is 2.03. The normalized spacial score (nSPS) is 11.3. The monoisotopic (exact) mass is 274 g/mol. The fourth-order valence-electron chi connectivity index (χ4n) is 1.56. The van der Waals surface area contributed by atoms with Gasteiger partial charge >= 0.3 is 0 Å². The van der Waals surface area contributed by atoms with Gasteiger partial charge < -0.3 is 16.3 Å². The van der Waals surface area contributed by atoms with Crippen LogP contribution in [0.2, 0.25) is 0 Å². The Balaban J connectivity index is 2.01. The molecule has 0 aliphatic heterocycles. The second-order valence-electron chi connectivity index (χ2n) is 4.12. The molecule has 2 heterocycles. The van der Waals surface area contributed by atoms with E-state index in [9.17, 15) is 4.79 Å². The number of rotatable bonds is 4. The van der Waals surface area contributed by atoms with Crippen LogP contribution in [-0.2, 0) is 6.54 Å². The average Bonchev–Trinajstić information content (AvgIpc) is 2.89. The molecule has 0 spiro atoms. The van der Waals surface area contributed by atoms with Crippen molar-refractivity contribution < 1.29 is 10.0 Å². The molecule has 5 N–H and O–H groups in total. The van der Waals surface area contributed by atoms with Crippen molar-refractivity contribution in [2.75, 3.05) is 0 Å². The SMILES string of the molecule is Cc1[nH]ncc1CNC(=O)c1ccc(C(N)=NO)cn1. The molecule has 0 saturated carbocycles. The van der Waals surface area contributed by atoms with Gasteiger partial charge in [-0.05, 0) is 19.1 Å². The summed E-state index contributed by atoms with van der Waals surface area (Å²) in [5.74, 6) is -0.366. The van der Waals surface area contributed by atoms with E-state index in [1.54, 1.807) is 12.3 Å². The van der Waals surface area contributed by atoms with Crippen LogP contribution in [0.1, 0.15) is 27.3 Å². The van der Waals surface area contributed by atoms with E-state index in [0.29, 0.717) is 12.1 Å². The summed E-state index contributed by atoms with van der Waals surface area (Å²) in [4.78, 5) is 15.8. The molecule has 1 amide bonds. The van der Waals surface area contributed by atoms with E-state index < -0.39 is 0 Å². The molecule has 0 aliphatic carbocycles. The maximum atomic E-state index is 11.9. The molecule has 0 aromatic carbocycles. The summed E-state index contributed by atoms with van der Waals surface area (Å²) in [6.07, 6.45) is 3.03. The van der Waals surface area contributed by atoms with Gasteiger partial charge in [0.2, 0.25) is 0 Å². The third kappa shape index (κ3) is 2.91. The first kappa shape index (κ1) is 13.5. The molecular weight excluding hydrogens is 260 g/mol. The van der Waals surface area contributed by atoms with Crippen LogP contribution in [0.15, 0.2) is 29.7 Å². The van der Waals surface area contributed by atoms with Crippen molar-refractivity contribution in [1.29, 1.82) is 0 Å². The molecular formula is C12H14N6O2. The number of carbonyl (C=O) groups excluding carboxylic acids is 1. The molecule has 2 aromatic rings. The number of aromatic amines is 1. The number of aromatic nitrogens is 3. The second-order valence-corrected chi connectivity index (χ2v) is 4.12. The summed E-state index contributed by atoms with van der Waals surface area (Å²) < 4.78 is 0. The third-order valence-electron chi connectivity index (χ3n) is 2.77. The van der Waals surface area contributed by atoms with Crippen LogP contribution < -0.4 is 11.1 Å². The molecule has 0 bridgehead atoms. The molecule has 0 unspecified atom stereocenters. The van der Waals surface area contributed by atoms with E-state index in [-0.39, 0.29) is 17.4 Å². The highest BCUT2D eigenvalue weighted by molar-refractivity contribution is 5.98. The molecule has 2 rings (SSSR count). The van der Waals surface area contributed by atoms with E-state index in [0.717, 1.165) is 11.3 Å². The lowest BCUT2D eigenvalue weighted by molar-refractivity contribution is 0.0946. The summed E-state index contributed by atoms with van der Waals surface area (Å²) in [7, 11) is 0. The maximum absolute atomic E-state index is 11.9. The Morgan fingerprint density at radius 3 is 2.85 bits per heavy atom. The number of aryl methyl sites for hydroxylation is 1. The Labute approximate surface area is 114 Å². The number of amidine groups is 1. The predicted octanol–water partition coefficient (Wildman–Crippen LogP) is 0.138. The molecule has 8 nitrogen and oxygen atoms in total. The van der Waals surface area contributed by atoms with Crippen molar-refractivity contribution >= 4 is 11.7 Å². The molecule has 20 heavy (non-hydrogen) atoms. The van der Waals surface area contributed by atoms with E-state index in [1.165, 1.54) is 12.3 Å². The van der Waals surface area contributed by atoms with Crippen LogP contribution in [0.25, 0.3) is 0 Å². The number of hydrogen-bond acceptors (Lipinski definition) is 5. The Kier molecular flexibility index (Phi) is 3.94. The smallest absolute Gasteiger partial charge is 0.270 e. The zero-order valence-corrected chi connectivity index (χ0v) is 10.8. The molecule has 0 radical (unpaired) electrons. The van der Waals surface area contributed by atoms with Crippen molar-refractivity contribution in [3.8, 4) is 0 Å². The van der Waals surface area contributed by atoms with Crippen molar-refractivity contribution in [1.82, 2.24) is 20.5 Å². The first-order chi connectivity index (χ1) is 9.61. The van der Waals surface area contributed by atoms with Crippen molar-refractivity contribution in [2.24, 2.45) is 10.9 Å². The second kappa shape index (κ2) is 5.83. The van der Waals surface area contributed by atoms with Gasteiger partial charge in [0, 0.05) is 29.6 Å². The first-order valence-electron chi connectivity index (χ1n) is 5.83. The molecule has 104 valence electrons. The lowest BCUT2D eigenvalue weighted by Gasteiger charge is -2.04. The molecule has 0 saturated heterocycles. The van der Waals surface area contributed by atoms with E-state index in [4.69, 9.17) is 10.9 Å². The van der Waals surface area contributed by atoms with Gasteiger partial charge in [-0.2, -0.15) is 5.10 Å². The van der Waals surface area contributed by atoms with Crippen LogP contribution in [0.3, 0.4) is 0 Å². The standard InChI is InChI=1S/C12H14N6O2/c1-7-9(6-16-17-7)5-15-12(19)10-3-2-8(4-14-10)11(13)18-20/h2-4,6,20H,5H2,1H3,(H2,13,18)(H,15,19)(H,16,17). The fraction of sp³-hybridized carbons (Fsp3) is 0.167. The highest BCUT2D eigenvalue weighted by atomic mass is 16.4. The topological polar surface area (TPSA) is 129 Å². The van der Waals surface area contributed by atoms with Gasteiger partial charge in [-0.1, -0.05) is 5.16 Å². The number of nitrogens with one attached hydrogen (secondary N) is 2. The van der Waals surface area contributed by atoms with Crippen LogP contribution in [0, 0.1) is 6.92 Å². The van der Waals surface area contributed by atoms with Gasteiger partial charge in [0.15, 0.2) is 5.84 Å². The highest BCUT2D eigenvalue weighted by Gasteiger charge is 2.09. The Hall–Kier alpha value is -2.90. The molecule has 2 aromatic heterocycles. The Bertz CT molecular complexity index is 632. The quantitative estimate of drug-likeness (QED) is 0.273. The maximum Gasteiger partial charge on any atom is 0.270 e. The minimum absolute atomic E-state index is 0.0570. The number of carbonyl (C=O) groups is 1. The van der Waals surface area contributed by atoms with Gasteiger partial charge in [-0.25, -0.2) is 0 Å². The molecule has 0 aliphatic rings. The van der Waals surface area contributed by atoms with Gasteiger partial charge in [0.25, 0.3) is 5.91 Å². The summed E-state index contributed by atoms with van der Waals surface area (Å²) in [6.45, 7) is 2.24. The van der Waals surface area contributed by atoms with Crippen molar-refractivity contribution in [3.05, 3.63) is 47.0 Å². The fourth-order valence-corrected chi connectivity index (χ4v) is 1.56. The van der Waals surface area contributed by atoms with Gasteiger partial charge in [0.1, 0.15) is 5.69 Å². The number of hydrogen-bond donors (Lipinski definition) is 4. The number of amides is 1. The summed E-state index contributed by atoms with van der Waals surface area (Å²) in [5.41, 5.74) is 7.91. The lowest BCUT2D eigenvalue weighted by Crippen LogP contribution is -2.24. The molecule has 0 fully saturated rings. The largest absolute Gasteiger partial charge is 0.409 e. The van der Waals surface area contributed by atoms with E-state index in [2.05, 4.69) is 25.7 Å². The minimum Gasteiger partial charge on any atom is -0.409 e. The number of pyridine rings is 1. The van der Waals surface area contributed by atoms with Crippen LogP contribution >= 0.6 is 0 Å². The third-order valence-corrected chi connectivity index (χ3v) is 2.77. The number of nitrogens with two attached hydrogens (primary N) is 1. The summed E-state index contributed by atoms with van der Waals surface area (Å²) >= 11 is 0. The van der Waals surface area contributed by atoms with Crippen LogP contribution in [0.5, 0.6) is 0 Å². The summed E-state index contributed by atoms with van der Waals surface area (Å²) in [5, 5.41) is 20.8. The van der Waals surface area contributed by atoms with Gasteiger partial charge in [-0.3, -0.25) is 14.9 Å². The average molecular weight is 274 g/mol. The number of oxime groups is 1. The van der Waals surface area contributed by atoms with E-state index >= 15 is 0 Å². The number of H-pyrrole nitrogens is 1. The predicted molar refractivity (Wildman–Crippen MR) is 71.2 cm³/mol. The summed E-state index contributed by atoms with van der Waals surface area (Å²) in [6, 6.07) is 3.06. The van der Waals surface area contributed by atoms with Crippen LogP contribution in [0.4, 0.5) is 0 Å². The molecule has 8 heteroatoms. The first-order valence-corrected chi connectivity index (χ1v) is 5.83. The van der Waals surface area contributed by atoms with Crippen molar-refractivity contribution in [2.45, 2.75) is 13.5 Å².